The highest BCUT2D eigenvalue weighted by Crippen LogP contribution is 2.26. The van der Waals surface area contributed by atoms with Crippen LogP contribution < -0.4 is 5.32 Å². The van der Waals surface area contributed by atoms with Crippen molar-refractivity contribution in [3.8, 4) is 0 Å². The van der Waals surface area contributed by atoms with Crippen molar-refractivity contribution in [2.24, 2.45) is 7.05 Å². The summed E-state index contributed by atoms with van der Waals surface area (Å²) in [6, 6.07) is 0.398. The Morgan fingerprint density at radius 1 is 1.47 bits per heavy atom. The highest BCUT2D eigenvalue weighted by molar-refractivity contribution is 6.33. The van der Waals surface area contributed by atoms with E-state index in [4.69, 9.17) is 23.2 Å². The number of aromatic nitrogens is 4. The molecule has 2 aromatic heterocycles. The number of rotatable bonds is 4. The molecule has 0 radical (unpaired) electrons. The summed E-state index contributed by atoms with van der Waals surface area (Å²) >= 11 is 11.5. The second kappa shape index (κ2) is 5.41. The van der Waals surface area contributed by atoms with Crippen LogP contribution in [-0.2, 0) is 11.8 Å². The van der Waals surface area contributed by atoms with Gasteiger partial charge >= 0.3 is 5.97 Å². The van der Waals surface area contributed by atoms with E-state index in [1.807, 2.05) is 0 Å². The van der Waals surface area contributed by atoms with Crippen LogP contribution in [0.1, 0.15) is 11.6 Å². The lowest BCUT2D eigenvalue weighted by Gasteiger charge is -2.14. The number of hydrogen-bond donors (Lipinski definition) is 2. The Morgan fingerprint density at radius 3 is 2.79 bits per heavy atom. The van der Waals surface area contributed by atoms with Gasteiger partial charge in [-0.1, -0.05) is 23.2 Å². The van der Waals surface area contributed by atoms with E-state index in [1.165, 1.54) is 16.9 Å². The number of aryl methyl sites for hydroxylation is 1. The second-order valence-corrected chi connectivity index (χ2v) is 4.48. The maximum absolute atomic E-state index is 11.3. The molecule has 19 heavy (non-hydrogen) atoms. The van der Waals surface area contributed by atoms with Crippen molar-refractivity contribution in [2.45, 2.75) is 6.04 Å². The van der Waals surface area contributed by atoms with E-state index in [9.17, 15) is 9.90 Å². The largest absolute Gasteiger partial charge is 0.479 e. The van der Waals surface area contributed by atoms with Gasteiger partial charge in [0.25, 0.3) is 0 Å². The van der Waals surface area contributed by atoms with Crippen LogP contribution in [0.2, 0.25) is 10.3 Å². The third kappa shape index (κ3) is 3.12. The van der Waals surface area contributed by atoms with E-state index >= 15 is 0 Å². The summed E-state index contributed by atoms with van der Waals surface area (Å²) in [6.45, 7) is 0. The fourth-order valence-electron chi connectivity index (χ4n) is 1.49. The summed E-state index contributed by atoms with van der Waals surface area (Å²) < 4.78 is 1.51. The predicted octanol–water partition coefficient (Wildman–Crippen LogP) is 1.75. The Balaban J connectivity index is 2.31. The van der Waals surface area contributed by atoms with Crippen molar-refractivity contribution in [1.82, 2.24) is 20.0 Å². The molecule has 0 saturated carbocycles. The van der Waals surface area contributed by atoms with Crippen LogP contribution >= 0.6 is 23.2 Å². The number of carbonyl (C=O) groups is 1. The number of anilines is 1. The van der Waals surface area contributed by atoms with Crippen LogP contribution in [0, 0.1) is 0 Å². The molecule has 2 N–H and O–H groups in total. The maximum Gasteiger partial charge on any atom is 0.330 e. The average Bonchev–Trinajstić information content (AvgIpc) is 2.76. The Morgan fingerprint density at radius 2 is 2.21 bits per heavy atom. The van der Waals surface area contributed by atoms with Crippen molar-refractivity contribution in [3.63, 3.8) is 0 Å². The molecule has 0 aliphatic carbocycles. The third-order valence-electron chi connectivity index (χ3n) is 2.32. The van der Waals surface area contributed by atoms with Crippen molar-refractivity contribution in [3.05, 3.63) is 34.3 Å². The number of hydrogen-bond acceptors (Lipinski definition) is 5. The smallest absolute Gasteiger partial charge is 0.330 e. The molecular formula is C10H9Cl2N5O2. The van der Waals surface area contributed by atoms with E-state index in [2.05, 4.69) is 20.6 Å². The lowest BCUT2D eigenvalue weighted by atomic mass is 10.1. The fourth-order valence-corrected chi connectivity index (χ4v) is 1.78. The third-order valence-corrected chi connectivity index (χ3v) is 2.79. The molecule has 100 valence electrons. The fraction of sp³-hybridized carbons (Fsp3) is 0.200. The van der Waals surface area contributed by atoms with E-state index < -0.39 is 12.0 Å². The van der Waals surface area contributed by atoms with E-state index in [1.54, 1.807) is 13.2 Å². The van der Waals surface area contributed by atoms with Crippen LogP contribution in [0.4, 0.5) is 5.69 Å². The van der Waals surface area contributed by atoms with Gasteiger partial charge in [0.2, 0.25) is 0 Å². The second-order valence-electron chi connectivity index (χ2n) is 3.73. The quantitative estimate of drug-likeness (QED) is 0.894. The summed E-state index contributed by atoms with van der Waals surface area (Å²) in [5, 5.41) is 23.2. The van der Waals surface area contributed by atoms with Gasteiger partial charge in [-0.05, 0) is 0 Å². The van der Waals surface area contributed by atoms with Crippen LogP contribution in [0.25, 0.3) is 0 Å². The molecule has 0 aliphatic heterocycles. The van der Waals surface area contributed by atoms with Gasteiger partial charge in [0, 0.05) is 24.9 Å². The first-order valence-electron chi connectivity index (χ1n) is 5.14. The predicted molar refractivity (Wildman–Crippen MR) is 69.3 cm³/mol. The Bertz CT molecular complexity index is 616. The normalized spacial score (nSPS) is 12.2. The lowest BCUT2D eigenvalue weighted by Crippen LogP contribution is -2.20. The molecule has 0 aromatic carbocycles. The first-order chi connectivity index (χ1) is 8.97. The number of halogens is 2. The van der Waals surface area contributed by atoms with E-state index in [-0.39, 0.29) is 16.0 Å². The first-order valence-corrected chi connectivity index (χ1v) is 5.89. The molecule has 2 rings (SSSR count). The zero-order valence-corrected chi connectivity index (χ0v) is 11.2. The lowest BCUT2D eigenvalue weighted by molar-refractivity contribution is -0.138. The number of aliphatic carboxylic acids is 1. The topological polar surface area (TPSA) is 92.9 Å². The molecule has 0 amide bonds. The standard InChI is InChI=1S/C10H9Cl2N5O2/c1-17-4-5(3-13-17)8(10(18)19)14-6-2-7(11)15-16-9(6)12/h2-4,8H,1H3,(H,14,15)(H,18,19). The van der Waals surface area contributed by atoms with Gasteiger partial charge in [-0.2, -0.15) is 5.10 Å². The molecule has 7 nitrogen and oxygen atoms in total. The molecule has 2 heterocycles. The molecule has 1 unspecified atom stereocenters. The van der Waals surface area contributed by atoms with Crippen LogP contribution in [-0.4, -0.2) is 31.1 Å². The minimum absolute atomic E-state index is 0.0412. The summed E-state index contributed by atoms with van der Waals surface area (Å²) in [7, 11) is 1.69. The Hall–Kier alpha value is -1.86. The van der Waals surface area contributed by atoms with Gasteiger partial charge in [-0.3, -0.25) is 4.68 Å². The molecule has 0 bridgehead atoms. The number of carboxylic acid groups (broad SMARTS) is 1. The average molecular weight is 302 g/mol. The number of nitrogens with one attached hydrogen (secondary N) is 1. The van der Waals surface area contributed by atoms with Crippen LogP contribution in [0.5, 0.6) is 0 Å². The maximum atomic E-state index is 11.3. The molecule has 0 aliphatic rings. The van der Waals surface area contributed by atoms with Crippen LogP contribution in [0.15, 0.2) is 18.5 Å². The molecular weight excluding hydrogens is 293 g/mol. The minimum atomic E-state index is -1.07. The zero-order chi connectivity index (χ0) is 14.0. The SMILES string of the molecule is Cn1cc(C(Nc2cc(Cl)nnc2Cl)C(=O)O)cn1. The first kappa shape index (κ1) is 13.6. The summed E-state index contributed by atoms with van der Waals surface area (Å²) in [4.78, 5) is 11.3. The van der Waals surface area contributed by atoms with Gasteiger partial charge in [-0.15, -0.1) is 10.2 Å². The van der Waals surface area contributed by atoms with E-state index in [0.717, 1.165) is 0 Å². The summed E-state index contributed by atoms with van der Waals surface area (Å²) in [5.74, 6) is -1.07. The van der Waals surface area contributed by atoms with Crippen molar-refractivity contribution >= 4 is 34.9 Å². The van der Waals surface area contributed by atoms with Crippen molar-refractivity contribution in [2.75, 3.05) is 5.32 Å². The van der Waals surface area contributed by atoms with Gasteiger partial charge in [0.15, 0.2) is 16.3 Å². The molecule has 0 spiro atoms. The van der Waals surface area contributed by atoms with Gasteiger partial charge in [0.1, 0.15) is 0 Å². The molecule has 0 saturated heterocycles. The minimum Gasteiger partial charge on any atom is -0.479 e. The molecule has 0 fully saturated rings. The summed E-state index contributed by atoms with van der Waals surface area (Å²) in [6.07, 6.45) is 3.05. The number of carboxylic acids is 1. The molecule has 9 heteroatoms. The monoisotopic (exact) mass is 301 g/mol. The number of nitrogens with zero attached hydrogens (tertiary/aromatic N) is 4. The van der Waals surface area contributed by atoms with Gasteiger partial charge in [-0.25, -0.2) is 4.79 Å². The van der Waals surface area contributed by atoms with Gasteiger partial charge in [0.05, 0.1) is 11.9 Å². The molecule has 1 atom stereocenters. The Labute approximate surface area is 118 Å². The summed E-state index contributed by atoms with van der Waals surface area (Å²) in [5.41, 5.74) is 0.775. The molecule has 2 aromatic rings. The Kier molecular flexibility index (Phi) is 3.87. The highest BCUT2D eigenvalue weighted by Gasteiger charge is 2.22. The van der Waals surface area contributed by atoms with E-state index in [0.29, 0.717) is 5.56 Å². The van der Waals surface area contributed by atoms with Crippen LogP contribution in [0.3, 0.4) is 0 Å². The van der Waals surface area contributed by atoms with Crippen molar-refractivity contribution in [1.29, 1.82) is 0 Å². The zero-order valence-electron chi connectivity index (χ0n) is 9.71. The van der Waals surface area contributed by atoms with Crippen molar-refractivity contribution < 1.29 is 9.90 Å². The highest BCUT2D eigenvalue weighted by atomic mass is 35.5. The van der Waals surface area contributed by atoms with Gasteiger partial charge < -0.3 is 10.4 Å².